The van der Waals surface area contributed by atoms with Gasteiger partial charge in [-0.15, -0.1) is 0 Å². The molecule has 1 aliphatic heterocycles. The molecule has 6 nitrogen and oxygen atoms in total. The molecule has 1 saturated heterocycles. The molecule has 20 heavy (non-hydrogen) atoms. The maximum atomic E-state index is 11.3. The number of hydrogen-bond acceptors (Lipinski definition) is 5. The Morgan fingerprint density at radius 2 is 2.30 bits per heavy atom. The van der Waals surface area contributed by atoms with Gasteiger partial charge in [-0.3, -0.25) is 25.0 Å². The summed E-state index contributed by atoms with van der Waals surface area (Å²) >= 11 is 0. The van der Waals surface area contributed by atoms with Gasteiger partial charge < -0.3 is 0 Å². The Hall–Kier alpha value is -1.50. The van der Waals surface area contributed by atoms with Gasteiger partial charge in [0.25, 0.3) is 5.91 Å². The fourth-order valence-electron chi connectivity index (χ4n) is 2.65. The second-order valence-electron chi connectivity index (χ2n) is 5.22. The van der Waals surface area contributed by atoms with Gasteiger partial charge in [0.15, 0.2) is 0 Å². The van der Waals surface area contributed by atoms with Crippen LogP contribution >= 0.6 is 0 Å². The van der Waals surface area contributed by atoms with Crippen LogP contribution in [-0.4, -0.2) is 52.9 Å². The second kappa shape index (κ2) is 6.78. The molecule has 1 aliphatic rings. The molecule has 1 amide bonds. The van der Waals surface area contributed by atoms with E-state index in [1.54, 1.807) is 12.3 Å². The summed E-state index contributed by atoms with van der Waals surface area (Å²) in [6.07, 6.45) is 1.57. The smallest absolute Gasteiger partial charge is 0.266 e. The summed E-state index contributed by atoms with van der Waals surface area (Å²) in [6.45, 7) is 9.62. The first-order chi connectivity index (χ1) is 9.63. The molecule has 1 atom stereocenters. The zero-order valence-corrected chi connectivity index (χ0v) is 12.2. The Bertz CT molecular complexity index is 447. The lowest BCUT2D eigenvalue weighted by atomic mass is 10.1. The van der Waals surface area contributed by atoms with E-state index in [2.05, 4.69) is 34.1 Å². The van der Waals surface area contributed by atoms with Crippen molar-refractivity contribution in [3.05, 3.63) is 29.6 Å². The number of nitrogens with two attached hydrogens (primary N) is 1. The van der Waals surface area contributed by atoms with Crippen molar-refractivity contribution in [2.45, 2.75) is 26.4 Å². The Balaban J connectivity index is 1.92. The molecular formula is C14H23N5O. The van der Waals surface area contributed by atoms with Crippen LogP contribution in [0.2, 0.25) is 0 Å². The van der Waals surface area contributed by atoms with Crippen molar-refractivity contribution in [1.82, 2.24) is 20.2 Å². The zero-order valence-electron chi connectivity index (χ0n) is 12.2. The fourth-order valence-corrected chi connectivity index (χ4v) is 2.65. The third-order valence-corrected chi connectivity index (χ3v) is 3.86. The average molecular weight is 277 g/mol. The van der Waals surface area contributed by atoms with Gasteiger partial charge >= 0.3 is 0 Å². The van der Waals surface area contributed by atoms with Gasteiger partial charge in [0, 0.05) is 38.4 Å². The Labute approximate surface area is 119 Å². The van der Waals surface area contributed by atoms with Crippen LogP contribution in [0, 0.1) is 0 Å². The van der Waals surface area contributed by atoms with Gasteiger partial charge in [0.1, 0.15) is 0 Å². The summed E-state index contributed by atoms with van der Waals surface area (Å²) in [5.41, 5.74) is 3.57. The van der Waals surface area contributed by atoms with Crippen molar-refractivity contribution < 1.29 is 4.79 Å². The third-order valence-electron chi connectivity index (χ3n) is 3.86. The highest BCUT2D eigenvalue weighted by molar-refractivity contribution is 5.93. The summed E-state index contributed by atoms with van der Waals surface area (Å²) in [6, 6.07) is 4.23. The predicted molar refractivity (Wildman–Crippen MR) is 77.9 cm³/mol. The molecule has 1 unspecified atom stereocenters. The third kappa shape index (κ3) is 3.53. The number of nitrogens with one attached hydrogen (secondary N) is 1. The Kier molecular flexibility index (Phi) is 5.05. The van der Waals surface area contributed by atoms with E-state index in [0.29, 0.717) is 11.6 Å². The lowest BCUT2D eigenvalue weighted by Crippen LogP contribution is -2.51. The topological polar surface area (TPSA) is 74.5 Å². The lowest BCUT2D eigenvalue weighted by Gasteiger charge is -2.39. The van der Waals surface area contributed by atoms with Crippen LogP contribution in [0.3, 0.4) is 0 Å². The molecular weight excluding hydrogens is 254 g/mol. The minimum absolute atomic E-state index is 0.311. The number of carbonyl (C=O) groups excluding carboxylic acids is 1. The van der Waals surface area contributed by atoms with Crippen molar-refractivity contribution in [3.8, 4) is 0 Å². The number of likely N-dealkylation sites (N-methyl/N-ethyl adjacent to an activating group) is 1. The molecule has 1 aromatic heterocycles. The minimum Gasteiger partial charge on any atom is -0.298 e. The molecule has 1 fully saturated rings. The normalized spacial score (nSPS) is 20.9. The lowest BCUT2D eigenvalue weighted by molar-refractivity contribution is 0.0826. The molecule has 0 radical (unpaired) electrons. The first kappa shape index (κ1) is 14.9. The minimum atomic E-state index is -0.311. The van der Waals surface area contributed by atoms with E-state index >= 15 is 0 Å². The number of rotatable bonds is 4. The molecule has 3 N–H and O–H groups in total. The van der Waals surface area contributed by atoms with E-state index in [4.69, 9.17) is 5.84 Å². The molecule has 110 valence electrons. The van der Waals surface area contributed by atoms with Gasteiger partial charge in [-0.2, -0.15) is 0 Å². The summed E-state index contributed by atoms with van der Waals surface area (Å²) in [4.78, 5) is 20.6. The van der Waals surface area contributed by atoms with Crippen LogP contribution < -0.4 is 11.3 Å². The number of amides is 1. The fraction of sp³-hybridized carbons (Fsp3) is 0.571. The van der Waals surface area contributed by atoms with Crippen molar-refractivity contribution in [1.29, 1.82) is 0 Å². The van der Waals surface area contributed by atoms with Gasteiger partial charge in [0.2, 0.25) is 0 Å². The number of nitrogens with zero attached hydrogens (tertiary/aromatic N) is 3. The van der Waals surface area contributed by atoms with E-state index in [1.165, 1.54) is 0 Å². The van der Waals surface area contributed by atoms with Crippen LogP contribution in [0.5, 0.6) is 0 Å². The maximum Gasteiger partial charge on any atom is 0.266 e. The summed E-state index contributed by atoms with van der Waals surface area (Å²) in [5.74, 6) is 4.78. The van der Waals surface area contributed by atoms with Gasteiger partial charge in [0.05, 0.1) is 11.3 Å². The summed E-state index contributed by atoms with van der Waals surface area (Å²) in [7, 11) is 0. The zero-order chi connectivity index (χ0) is 14.5. The maximum absolute atomic E-state index is 11.3. The number of piperazine rings is 1. The molecule has 0 saturated carbocycles. The van der Waals surface area contributed by atoms with E-state index in [9.17, 15) is 4.79 Å². The van der Waals surface area contributed by atoms with Crippen LogP contribution in [0.1, 0.15) is 29.9 Å². The second-order valence-corrected chi connectivity index (χ2v) is 5.22. The molecule has 2 heterocycles. The van der Waals surface area contributed by atoms with E-state index in [0.717, 1.165) is 38.4 Å². The molecule has 0 aliphatic carbocycles. The Morgan fingerprint density at radius 1 is 1.50 bits per heavy atom. The summed E-state index contributed by atoms with van der Waals surface area (Å²) in [5, 5.41) is 0. The van der Waals surface area contributed by atoms with Gasteiger partial charge in [-0.05, 0) is 25.6 Å². The molecule has 2 rings (SSSR count). The van der Waals surface area contributed by atoms with Crippen molar-refractivity contribution in [3.63, 3.8) is 0 Å². The van der Waals surface area contributed by atoms with Crippen LogP contribution in [0.4, 0.5) is 0 Å². The van der Waals surface area contributed by atoms with E-state index in [1.807, 2.05) is 6.07 Å². The SMILES string of the molecule is CCN1CCN(Cc2ccc(C(=O)NN)cn2)CC1C. The standard InChI is InChI=1S/C14H23N5O/c1-3-19-7-6-18(9-11(19)2)10-13-5-4-12(8-16-13)14(20)17-15/h4-5,8,11H,3,6-7,9-10,15H2,1-2H3,(H,17,20). The van der Waals surface area contributed by atoms with Crippen LogP contribution in [0.15, 0.2) is 18.3 Å². The number of aromatic nitrogens is 1. The number of pyridine rings is 1. The molecule has 0 aromatic carbocycles. The highest BCUT2D eigenvalue weighted by Crippen LogP contribution is 2.12. The van der Waals surface area contributed by atoms with Crippen molar-refractivity contribution in [2.75, 3.05) is 26.2 Å². The molecule has 0 spiro atoms. The molecule has 1 aromatic rings. The summed E-state index contributed by atoms with van der Waals surface area (Å²) < 4.78 is 0. The van der Waals surface area contributed by atoms with Crippen molar-refractivity contribution in [2.24, 2.45) is 5.84 Å². The van der Waals surface area contributed by atoms with Crippen LogP contribution in [0.25, 0.3) is 0 Å². The quantitative estimate of drug-likeness (QED) is 0.467. The first-order valence-electron chi connectivity index (χ1n) is 7.06. The van der Waals surface area contributed by atoms with E-state index in [-0.39, 0.29) is 5.91 Å². The first-order valence-corrected chi connectivity index (χ1v) is 7.06. The number of hydrazine groups is 1. The molecule has 0 bridgehead atoms. The monoisotopic (exact) mass is 277 g/mol. The van der Waals surface area contributed by atoms with Gasteiger partial charge in [-0.25, -0.2) is 5.84 Å². The van der Waals surface area contributed by atoms with E-state index < -0.39 is 0 Å². The van der Waals surface area contributed by atoms with Crippen molar-refractivity contribution >= 4 is 5.91 Å². The highest BCUT2D eigenvalue weighted by atomic mass is 16.2. The highest BCUT2D eigenvalue weighted by Gasteiger charge is 2.22. The number of carbonyl (C=O) groups is 1. The predicted octanol–water partition coefficient (Wildman–Crippen LogP) is 0.211. The van der Waals surface area contributed by atoms with Crippen LogP contribution in [-0.2, 0) is 6.54 Å². The number of nitrogen functional groups attached to an aromatic ring is 1. The largest absolute Gasteiger partial charge is 0.298 e. The van der Waals surface area contributed by atoms with Gasteiger partial charge in [-0.1, -0.05) is 6.92 Å². The average Bonchev–Trinajstić information content (AvgIpc) is 2.47. The number of hydrogen-bond donors (Lipinski definition) is 2. The Morgan fingerprint density at radius 3 is 2.85 bits per heavy atom. The molecule has 6 heteroatoms.